The van der Waals surface area contributed by atoms with Gasteiger partial charge in [0, 0.05) is 11.4 Å². The molecule has 5 nitrogen and oxygen atoms in total. The number of aryl methyl sites for hydroxylation is 1. The average Bonchev–Trinajstić information content (AvgIpc) is 2.96. The summed E-state index contributed by atoms with van der Waals surface area (Å²) in [5.41, 5.74) is 5.48. The molecule has 0 bridgehead atoms. The Morgan fingerprint density at radius 2 is 2.11 bits per heavy atom. The van der Waals surface area contributed by atoms with Gasteiger partial charge >= 0.3 is 0 Å². The molecule has 0 amide bonds. The van der Waals surface area contributed by atoms with Gasteiger partial charge in [-0.3, -0.25) is 0 Å². The molecule has 0 aliphatic heterocycles. The molecule has 0 aliphatic carbocycles. The van der Waals surface area contributed by atoms with Crippen molar-refractivity contribution in [2.45, 2.75) is 30.6 Å². The minimum Gasteiger partial charge on any atom is -0.465 e. The second-order valence-corrected chi connectivity index (χ2v) is 7.33. The molecule has 7 heteroatoms. The van der Waals surface area contributed by atoms with Crippen molar-refractivity contribution in [3.63, 3.8) is 0 Å². The van der Waals surface area contributed by atoms with E-state index in [4.69, 9.17) is 10.2 Å². The van der Waals surface area contributed by atoms with Gasteiger partial charge in [0.25, 0.3) is 10.0 Å². The number of thiophene rings is 1. The Morgan fingerprint density at radius 1 is 1.37 bits per heavy atom. The predicted molar refractivity (Wildman–Crippen MR) is 74.4 cm³/mol. The van der Waals surface area contributed by atoms with Crippen LogP contribution in [-0.2, 0) is 16.6 Å². The molecule has 2 heterocycles. The highest BCUT2D eigenvalue weighted by Gasteiger charge is 2.21. The largest absolute Gasteiger partial charge is 0.465 e. The second kappa shape index (κ2) is 5.46. The summed E-state index contributed by atoms with van der Waals surface area (Å²) in [4.78, 5) is 0.835. The Bertz CT molecular complexity index is 658. The Hall–Kier alpha value is -1.15. The molecule has 2 rings (SSSR count). The van der Waals surface area contributed by atoms with Crippen molar-refractivity contribution in [2.24, 2.45) is 5.73 Å². The Labute approximate surface area is 116 Å². The van der Waals surface area contributed by atoms with E-state index in [1.165, 1.54) is 11.3 Å². The molecule has 0 fully saturated rings. The van der Waals surface area contributed by atoms with Crippen molar-refractivity contribution >= 4 is 21.4 Å². The first-order chi connectivity index (χ1) is 8.92. The van der Waals surface area contributed by atoms with Crippen LogP contribution in [0.1, 0.15) is 29.4 Å². The Morgan fingerprint density at radius 3 is 2.63 bits per heavy atom. The van der Waals surface area contributed by atoms with Gasteiger partial charge in [-0.05, 0) is 38.1 Å². The molecule has 0 spiro atoms. The molecule has 1 atom stereocenters. The number of furan rings is 1. The SMILES string of the molecule is Cc1ccc(C(C)NS(=O)(=O)c2ccc(CN)s2)o1. The van der Waals surface area contributed by atoms with Crippen LogP contribution < -0.4 is 10.5 Å². The zero-order valence-electron chi connectivity index (χ0n) is 10.7. The fraction of sp³-hybridized carbons (Fsp3) is 0.333. The van der Waals surface area contributed by atoms with Gasteiger partial charge in [-0.1, -0.05) is 0 Å². The van der Waals surface area contributed by atoms with Crippen molar-refractivity contribution in [2.75, 3.05) is 0 Å². The standard InChI is InChI=1S/C12H16N2O3S2/c1-8-3-5-11(17-8)9(2)14-19(15,16)12-6-4-10(7-13)18-12/h3-6,9,14H,7,13H2,1-2H3. The van der Waals surface area contributed by atoms with Crippen molar-refractivity contribution < 1.29 is 12.8 Å². The smallest absolute Gasteiger partial charge is 0.250 e. The summed E-state index contributed by atoms with van der Waals surface area (Å²) in [7, 11) is -3.53. The lowest BCUT2D eigenvalue weighted by molar-refractivity contribution is 0.441. The zero-order chi connectivity index (χ0) is 14.0. The highest BCUT2D eigenvalue weighted by atomic mass is 32.2. The molecule has 0 saturated heterocycles. The van der Waals surface area contributed by atoms with Gasteiger partial charge in [0.2, 0.25) is 0 Å². The number of hydrogen-bond acceptors (Lipinski definition) is 5. The number of rotatable bonds is 5. The molecule has 3 N–H and O–H groups in total. The summed E-state index contributed by atoms with van der Waals surface area (Å²) in [6.07, 6.45) is 0. The third kappa shape index (κ3) is 3.24. The number of nitrogens with one attached hydrogen (secondary N) is 1. The maximum absolute atomic E-state index is 12.2. The van der Waals surface area contributed by atoms with Crippen LogP contribution in [0.4, 0.5) is 0 Å². The van der Waals surface area contributed by atoms with E-state index >= 15 is 0 Å². The molecule has 0 aliphatic rings. The van der Waals surface area contributed by atoms with Gasteiger partial charge in [0.05, 0.1) is 6.04 Å². The summed E-state index contributed by atoms with van der Waals surface area (Å²) in [6, 6.07) is 6.44. The molecule has 0 radical (unpaired) electrons. The van der Waals surface area contributed by atoms with Gasteiger partial charge in [0.15, 0.2) is 0 Å². The number of hydrogen-bond donors (Lipinski definition) is 2. The van der Waals surface area contributed by atoms with Crippen LogP contribution in [0.3, 0.4) is 0 Å². The van der Waals surface area contributed by atoms with Crippen LogP contribution in [0.15, 0.2) is 32.9 Å². The van der Waals surface area contributed by atoms with E-state index in [1.807, 2.05) is 6.92 Å². The van der Waals surface area contributed by atoms with Crippen LogP contribution in [0.2, 0.25) is 0 Å². The quantitative estimate of drug-likeness (QED) is 0.886. The molecule has 2 aromatic rings. The van der Waals surface area contributed by atoms with E-state index in [2.05, 4.69) is 4.72 Å². The van der Waals surface area contributed by atoms with Gasteiger partial charge in [-0.15, -0.1) is 11.3 Å². The van der Waals surface area contributed by atoms with E-state index in [0.29, 0.717) is 12.3 Å². The highest BCUT2D eigenvalue weighted by molar-refractivity contribution is 7.91. The van der Waals surface area contributed by atoms with Crippen LogP contribution in [0, 0.1) is 6.92 Å². The first-order valence-corrected chi connectivity index (χ1v) is 8.10. The summed E-state index contributed by atoms with van der Waals surface area (Å²) >= 11 is 1.18. The molecule has 0 saturated carbocycles. The fourth-order valence-corrected chi connectivity index (χ4v) is 4.11. The normalized spacial score (nSPS) is 13.6. The topological polar surface area (TPSA) is 85.3 Å². The molecule has 104 valence electrons. The van der Waals surface area contributed by atoms with Gasteiger partial charge in [-0.25, -0.2) is 13.1 Å². The maximum Gasteiger partial charge on any atom is 0.250 e. The highest BCUT2D eigenvalue weighted by Crippen LogP contribution is 2.24. The Balaban J connectivity index is 2.17. The summed E-state index contributed by atoms with van der Waals surface area (Å²) in [6.45, 7) is 3.90. The monoisotopic (exact) mass is 300 g/mol. The van der Waals surface area contributed by atoms with E-state index < -0.39 is 16.1 Å². The lowest BCUT2D eigenvalue weighted by Crippen LogP contribution is -2.25. The molecular formula is C12H16N2O3S2. The minimum absolute atomic E-state index is 0.267. The van der Waals surface area contributed by atoms with Crippen molar-refractivity contribution in [3.05, 3.63) is 40.7 Å². The molecule has 1 unspecified atom stereocenters. The van der Waals surface area contributed by atoms with E-state index in [0.717, 1.165) is 10.6 Å². The molecular weight excluding hydrogens is 284 g/mol. The molecule has 0 aromatic carbocycles. The van der Waals surface area contributed by atoms with E-state index in [9.17, 15) is 8.42 Å². The van der Waals surface area contributed by atoms with Gasteiger partial charge < -0.3 is 10.2 Å². The zero-order valence-corrected chi connectivity index (χ0v) is 12.3. The number of nitrogens with two attached hydrogens (primary N) is 1. The van der Waals surface area contributed by atoms with Crippen molar-refractivity contribution in [3.8, 4) is 0 Å². The van der Waals surface area contributed by atoms with Crippen LogP contribution in [0.5, 0.6) is 0 Å². The molecule has 2 aromatic heterocycles. The third-order valence-corrected chi connectivity index (χ3v) is 5.76. The minimum atomic E-state index is -3.53. The van der Waals surface area contributed by atoms with Crippen molar-refractivity contribution in [1.82, 2.24) is 4.72 Å². The third-order valence-electron chi connectivity index (χ3n) is 2.62. The average molecular weight is 300 g/mol. The van der Waals surface area contributed by atoms with Gasteiger partial charge in [0.1, 0.15) is 15.7 Å². The predicted octanol–water partition coefficient (Wildman–Crippen LogP) is 2.15. The van der Waals surface area contributed by atoms with E-state index in [-0.39, 0.29) is 4.21 Å². The van der Waals surface area contributed by atoms with Crippen LogP contribution in [-0.4, -0.2) is 8.42 Å². The lowest BCUT2D eigenvalue weighted by atomic mass is 10.3. The number of sulfonamides is 1. The van der Waals surface area contributed by atoms with Crippen LogP contribution in [0.25, 0.3) is 0 Å². The van der Waals surface area contributed by atoms with Gasteiger partial charge in [-0.2, -0.15) is 0 Å². The molecule has 19 heavy (non-hydrogen) atoms. The van der Waals surface area contributed by atoms with E-state index in [1.54, 1.807) is 31.2 Å². The Kier molecular flexibility index (Phi) is 4.10. The summed E-state index contributed by atoms with van der Waals surface area (Å²) in [5, 5.41) is 0. The second-order valence-electron chi connectivity index (χ2n) is 4.22. The first kappa shape index (κ1) is 14.3. The van der Waals surface area contributed by atoms with Crippen molar-refractivity contribution in [1.29, 1.82) is 0 Å². The first-order valence-electron chi connectivity index (χ1n) is 5.80. The fourth-order valence-electron chi connectivity index (χ4n) is 1.65. The lowest BCUT2D eigenvalue weighted by Gasteiger charge is -2.10. The summed E-state index contributed by atoms with van der Waals surface area (Å²) in [5.74, 6) is 1.35. The summed E-state index contributed by atoms with van der Waals surface area (Å²) < 4.78 is 32.6. The maximum atomic E-state index is 12.2. The van der Waals surface area contributed by atoms with Crippen LogP contribution >= 0.6 is 11.3 Å².